The van der Waals surface area contributed by atoms with Crippen molar-refractivity contribution in [1.29, 1.82) is 0 Å². The Morgan fingerprint density at radius 1 is 1.26 bits per heavy atom. The molecule has 1 aliphatic carbocycles. The molecule has 3 heteroatoms. The van der Waals surface area contributed by atoms with Gasteiger partial charge in [0.2, 0.25) is 0 Å². The number of nitrogens with zero attached hydrogens (tertiary/aromatic N) is 1. The van der Waals surface area contributed by atoms with Crippen LogP contribution in [0.5, 0.6) is 0 Å². The summed E-state index contributed by atoms with van der Waals surface area (Å²) >= 11 is 0. The zero-order valence-corrected chi connectivity index (χ0v) is 12.9. The molecule has 2 fully saturated rings. The van der Waals surface area contributed by atoms with Crippen LogP contribution in [0.15, 0.2) is 0 Å². The number of hydrogen-bond donors (Lipinski definition) is 2. The normalized spacial score (nSPS) is 40.7. The minimum atomic E-state index is -0.0835. The minimum Gasteiger partial charge on any atom is -0.392 e. The fourth-order valence-electron chi connectivity index (χ4n) is 4.06. The van der Waals surface area contributed by atoms with Gasteiger partial charge in [-0.1, -0.05) is 20.8 Å². The lowest BCUT2D eigenvalue weighted by atomic mass is 9.72. The van der Waals surface area contributed by atoms with Crippen molar-refractivity contribution in [3.05, 3.63) is 0 Å². The maximum absolute atomic E-state index is 9.69. The van der Waals surface area contributed by atoms with E-state index in [-0.39, 0.29) is 6.10 Å². The monoisotopic (exact) mass is 268 g/mol. The van der Waals surface area contributed by atoms with Gasteiger partial charge in [0.25, 0.3) is 0 Å². The van der Waals surface area contributed by atoms with Gasteiger partial charge in [0.05, 0.1) is 6.10 Å². The molecule has 5 unspecified atom stereocenters. The number of nitrogens with one attached hydrogen (secondary N) is 1. The van der Waals surface area contributed by atoms with Gasteiger partial charge in [0.1, 0.15) is 0 Å². The molecule has 2 rings (SSSR count). The highest BCUT2D eigenvalue weighted by Gasteiger charge is 2.35. The van der Waals surface area contributed by atoms with Crippen molar-refractivity contribution in [3.8, 4) is 0 Å². The molecule has 1 saturated carbocycles. The third-order valence-corrected chi connectivity index (χ3v) is 5.05. The van der Waals surface area contributed by atoms with Crippen LogP contribution in [0.25, 0.3) is 0 Å². The van der Waals surface area contributed by atoms with Gasteiger partial charge in [-0.15, -0.1) is 0 Å². The van der Waals surface area contributed by atoms with Gasteiger partial charge in [0.15, 0.2) is 0 Å². The Kier molecular flexibility index (Phi) is 5.67. The third-order valence-electron chi connectivity index (χ3n) is 5.05. The standard InChI is InChI=1S/C16H32N2O/c1-4-6-17-16-9-12(2)8-13(3)15(16)11-18-7-5-14(19)10-18/h12-17,19H,4-11H2,1-3H3. The van der Waals surface area contributed by atoms with Gasteiger partial charge in [0, 0.05) is 25.7 Å². The summed E-state index contributed by atoms with van der Waals surface area (Å²) in [7, 11) is 0. The molecule has 0 aromatic heterocycles. The van der Waals surface area contributed by atoms with Crippen molar-refractivity contribution in [2.45, 2.75) is 58.6 Å². The van der Waals surface area contributed by atoms with E-state index in [1.54, 1.807) is 0 Å². The van der Waals surface area contributed by atoms with E-state index in [2.05, 4.69) is 31.0 Å². The number of hydrogen-bond acceptors (Lipinski definition) is 3. The summed E-state index contributed by atoms with van der Waals surface area (Å²) in [6.45, 7) is 11.4. The summed E-state index contributed by atoms with van der Waals surface area (Å²) in [6.07, 6.45) is 4.79. The molecule has 5 atom stereocenters. The van der Waals surface area contributed by atoms with Gasteiger partial charge in [-0.05, 0) is 50.0 Å². The highest BCUT2D eigenvalue weighted by molar-refractivity contribution is 4.90. The van der Waals surface area contributed by atoms with Crippen molar-refractivity contribution in [2.75, 3.05) is 26.2 Å². The third kappa shape index (κ3) is 4.17. The summed E-state index contributed by atoms with van der Waals surface area (Å²) in [4.78, 5) is 2.47. The average Bonchev–Trinajstić information content (AvgIpc) is 2.76. The Hall–Kier alpha value is -0.120. The molecule has 0 bridgehead atoms. The van der Waals surface area contributed by atoms with E-state index in [1.807, 2.05) is 0 Å². The first kappa shape index (κ1) is 15.3. The van der Waals surface area contributed by atoms with Crippen LogP contribution in [-0.4, -0.2) is 48.3 Å². The van der Waals surface area contributed by atoms with Gasteiger partial charge in [-0.3, -0.25) is 0 Å². The molecule has 0 amide bonds. The Morgan fingerprint density at radius 2 is 2.05 bits per heavy atom. The first-order valence-corrected chi connectivity index (χ1v) is 8.24. The van der Waals surface area contributed by atoms with Crippen molar-refractivity contribution in [3.63, 3.8) is 0 Å². The molecule has 0 aromatic rings. The zero-order valence-electron chi connectivity index (χ0n) is 12.9. The number of likely N-dealkylation sites (tertiary alicyclic amines) is 1. The molecule has 3 nitrogen and oxygen atoms in total. The van der Waals surface area contributed by atoms with Crippen LogP contribution in [0.1, 0.15) is 46.5 Å². The van der Waals surface area contributed by atoms with Crippen molar-refractivity contribution in [2.24, 2.45) is 17.8 Å². The highest BCUT2D eigenvalue weighted by Crippen LogP contribution is 2.34. The summed E-state index contributed by atoms with van der Waals surface area (Å²) in [5.41, 5.74) is 0. The van der Waals surface area contributed by atoms with E-state index in [0.717, 1.165) is 43.8 Å². The van der Waals surface area contributed by atoms with Crippen LogP contribution >= 0.6 is 0 Å². The first-order chi connectivity index (χ1) is 9.10. The van der Waals surface area contributed by atoms with Gasteiger partial charge in [-0.2, -0.15) is 0 Å². The van der Waals surface area contributed by atoms with Crippen LogP contribution < -0.4 is 5.32 Å². The number of rotatable bonds is 5. The average molecular weight is 268 g/mol. The molecule has 1 heterocycles. The largest absolute Gasteiger partial charge is 0.392 e. The van der Waals surface area contributed by atoms with Crippen LogP contribution in [-0.2, 0) is 0 Å². The summed E-state index contributed by atoms with van der Waals surface area (Å²) < 4.78 is 0. The predicted molar refractivity (Wildman–Crippen MR) is 80.2 cm³/mol. The lowest BCUT2D eigenvalue weighted by Crippen LogP contribution is -2.49. The van der Waals surface area contributed by atoms with E-state index in [0.29, 0.717) is 6.04 Å². The lowest BCUT2D eigenvalue weighted by Gasteiger charge is -2.42. The topological polar surface area (TPSA) is 35.5 Å². The maximum atomic E-state index is 9.69. The fraction of sp³-hybridized carbons (Fsp3) is 1.00. The predicted octanol–water partition coefficient (Wildman–Crippen LogP) is 2.10. The highest BCUT2D eigenvalue weighted by atomic mass is 16.3. The molecule has 19 heavy (non-hydrogen) atoms. The van der Waals surface area contributed by atoms with Gasteiger partial charge < -0.3 is 15.3 Å². The lowest BCUT2D eigenvalue weighted by molar-refractivity contribution is 0.102. The SMILES string of the molecule is CCCNC1CC(C)CC(C)C1CN1CCC(O)C1. The van der Waals surface area contributed by atoms with E-state index in [1.165, 1.54) is 25.8 Å². The maximum Gasteiger partial charge on any atom is 0.0679 e. The molecular weight excluding hydrogens is 236 g/mol. The zero-order chi connectivity index (χ0) is 13.8. The second-order valence-corrected chi connectivity index (χ2v) is 6.98. The van der Waals surface area contributed by atoms with Gasteiger partial charge >= 0.3 is 0 Å². The molecule has 1 aliphatic heterocycles. The van der Waals surface area contributed by atoms with Gasteiger partial charge in [-0.25, -0.2) is 0 Å². The second-order valence-electron chi connectivity index (χ2n) is 6.98. The Morgan fingerprint density at radius 3 is 2.68 bits per heavy atom. The summed E-state index contributed by atoms with van der Waals surface area (Å²) in [5, 5.41) is 13.5. The fourth-order valence-corrected chi connectivity index (χ4v) is 4.06. The Bertz CT molecular complexity index is 271. The first-order valence-electron chi connectivity index (χ1n) is 8.24. The molecule has 0 spiro atoms. The second kappa shape index (κ2) is 7.05. The summed E-state index contributed by atoms with van der Waals surface area (Å²) in [6, 6.07) is 0.677. The number of aliphatic hydroxyl groups excluding tert-OH is 1. The smallest absolute Gasteiger partial charge is 0.0679 e. The van der Waals surface area contributed by atoms with Crippen LogP contribution in [0.3, 0.4) is 0 Å². The van der Waals surface area contributed by atoms with Crippen molar-refractivity contribution in [1.82, 2.24) is 10.2 Å². The molecule has 2 aliphatic rings. The number of β-amino-alcohol motifs (C(OH)–C–C–N with tert-alkyl or cyclic N) is 1. The van der Waals surface area contributed by atoms with Crippen LogP contribution in [0.4, 0.5) is 0 Å². The molecule has 1 saturated heterocycles. The number of aliphatic hydroxyl groups is 1. The molecular formula is C16H32N2O. The van der Waals surface area contributed by atoms with Crippen LogP contribution in [0.2, 0.25) is 0 Å². The van der Waals surface area contributed by atoms with Crippen molar-refractivity contribution < 1.29 is 5.11 Å². The van der Waals surface area contributed by atoms with Crippen LogP contribution in [0, 0.1) is 17.8 Å². The Balaban J connectivity index is 1.92. The van der Waals surface area contributed by atoms with E-state index >= 15 is 0 Å². The van der Waals surface area contributed by atoms with E-state index < -0.39 is 0 Å². The quantitative estimate of drug-likeness (QED) is 0.801. The molecule has 112 valence electrons. The molecule has 2 N–H and O–H groups in total. The van der Waals surface area contributed by atoms with E-state index in [9.17, 15) is 5.11 Å². The summed E-state index contributed by atoms with van der Waals surface area (Å²) in [5.74, 6) is 2.41. The minimum absolute atomic E-state index is 0.0835. The molecule has 0 radical (unpaired) electrons. The van der Waals surface area contributed by atoms with Crippen molar-refractivity contribution >= 4 is 0 Å². The molecule has 0 aromatic carbocycles. The van der Waals surface area contributed by atoms with E-state index in [4.69, 9.17) is 0 Å². The Labute approximate surface area is 118 Å².